The fourth-order valence-corrected chi connectivity index (χ4v) is 4.09. The minimum absolute atomic E-state index is 0.201. The molecular formula is C21H22ClN7O2. The predicted octanol–water partition coefficient (Wildman–Crippen LogP) is 1.79. The number of pyridine rings is 1. The Morgan fingerprint density at radius 1 is 1.06 bits per heavy atom. The smallest absolute Gasteiger partial charge is 0.298 e. The van der Waals surface area contributed by atoms with Crippen molar-refractivity contribution in [3.05, 3.63) is 57.6 Å². The Balaban J connectivity index is 1.68. The highest BCUT2D eigenvalue weighted by Gasteiger charge is 2.21. The topological polar surface area (TPSA) is 80.8 Å². The highest BCUT2D eigenvalue weighted by atomic mass is 35.5. The maximum Gasteiger partial charge on any atom is 0.298 e. The lowest BCUT2D eigenvalue weighted by molar-refractivity contribution is 0.181. The van der Waals surface area contributed by atoms with Crippen LogP contribution in [-0.4, -0.2) is 69.7 Å². The Bertz CT molecular complexity index is 1310. The van der Waals surface area contributed by atoms with E-state index in [4.69, 9.17) is 21.4 Å². The van der Waals surface area contributed by atoms with E-state index in [2.05, 4.69) is 22.1 Å². The van der Waals surface area contributed by atoms with E-state index in [-0.39, 0.29) is 11.1 Å². The summed E-state index contributed by atoms with van der Waals surface area (Å²) in [6, 6.07) is 9.33. The van der Waals surface area contributed by atoms with E-state index >= 15 is 0 Å². The number of nitrogens with zero attached hydrogens (tertiary/aromatic N) is 7. The normalized spacial score (nSPS) is 15.3. The molecule has 0 aliphatic carbocycles. The highest BCUT2D eigenvalue weighted by molar-refractivity contribution is 6.30. The van der Waals surface area contributed by atoms with Crippen LogP contribution in [0.1, 0.15) is 5.69 Å². The van der Waals surface area contributed by atoms with E-state index in [1.807, 2.05) is 35.3 Å². The fourth-order valence-electron chi connectivity index (χ4n) is 3.97. The van der Waals surface area contributed by atoms with Crippen LogP contribution < -0.4 is 10.6 Å². The van der Waals surface area contributed by atoms with Crippen LogP contribution in [0, 0.1) is 0 Å². The molecule has 1 aliphatic rings. The van der Waals surface area contributed by atoms with Crippen molar-refractivity contribution in [2.75, 3.05) is 45.3 Å². The van der Waals surface area contributed by atoms with E-state index in [1.54, 1.807) is 22.5 Å². The second kappa shape index (κ2) is 7.92. The van der Waals surface area contributed by atoms with Gasteiger partial charge in [-0.1, -0.05) is 23.7 Å². The minimum atomic E-state index is -0.201. The first kappa shape index (κ1) is 19.9. The van der Waals surface area contributed by atoms with Gasteiger partial charge in [0.05, 0.1) is 17.9 Å². The molecule has 160 valence electrons. The van der Waals surface area contributed by atoms with Gasteiger partial charge in [0.1, 0.15) is 5.52 Å². The van der Waals surface area contributed by atoms with E-state index < -0.39 is 0 Å². The zero-order valence-electron chi connectivity index (χ0n) is 17.3. The number of hydrogen-bond acceptors (Lipinski definition) is 7. The molecule has 9 nitrogen and oxygen atoms in total. The maximum atomic E-state index is 13.2. The van der Waals surface area contributed by atoms with Gasteiger partial charge in [-0.15, -0.1) is 10.2 Å². The first-order chi connectivity index (χ1) is 15.1. The lowest BCUT2D eigenvalue weighted by atomic mass is 10.1. The number of benzene rings is 1. The van der Waals surface area contributed by atoms with Crippen LogP contribution in [0.4, 0.5) is 0 Å². The van der Waals surface area contributed by atoms with Crippen molar-refractivity contribution in [1.29, 1.82) is 0 Å². The average Bonchev–Trinajstić information content (AvgIpc) is 3.14. The first-order valence-electron chi connectivity index (χ1n) is 10.0. The molecule has 0 amide bonds. The number of piperazine rings is 1. The van der Waals surface area contributed by atoms with Crippen molar-refractivity contribution in [3.63, 3.8) is 0 Å². The molecule has 1 saturated heterocycles. The Morgan fingerprint density at radius 3 is 2.52 bits per heavy atom. The average molecular weight is 440 g/mol. The molecule has 0 atom stereocenters. The zero-order valence-corrected chi connectivity index (χ0v) is 18.1. The molecule has 3 aromatic heterocycles. The van der Waals surface area contributed by atoms with E-state index in [1.165, 1.54) is 0 Å². The van der Waals surface area contributed by atoms with Crippen LogP contribution in [0.25, 0.3) is 27.8 Å². The largest absolute Gasteiger partial charge is 0.378 e. The third-order valence-corrected chi connectivity index (χ3v) is 5.88. The van der Waals surface area contributed by atoms with Gasteiger partial charge in [0.25, 0.3) is 5.56 Å². The summed E-state index contributed by atoms with van der Waals surface area (Å²) in [7, 11) is 3.70. The molecule has 0 spiro atoms. The van der Waals surface area contributed by atoms with E-state index in [0.29, 0.717) is 22.8 Å². The van der Waals surface area contributed by atoms with Gasteiger partial charge in [-0.3, -0.25) is 4.79 Å². The lowest BCUT2D eigenvalue weighted by Crippen LogP contribution is -2.53. The molecule has 4 heterocycles. The Kier molecular flexibility index (Phi) is 5.09. The molecule has 1 fully saturated rings. The fraction of sp³-hybridized carbons (Fsp3) is 0.333. The Hall–Kier alpha value is -3.01. The maximum absolute atomic E-state index is 13.2. The molecule has 1 aliphatic heterocycles. The van der Waals surface area contributed by atoms with Crippen molar-refractivity contribution < 1.29 is 4.74 Å². The van der Waals surface area contributed by atoms with Gasteiger partial charge in [-0.05, 0) is 30.8 Å². The van der Waals surface area contributed by atoms with E-state index in [0.717, 1.165) is 43.0 Å². The second-order valence-corrected chi connectivity index (χ2v) is 8.09. The van der Waals surface area contributed by atoms with Crippen molar-refractivity contribution in [2.45, 2.75) is 6.61 Å². The summed E-state index contributed by atoms with van der Waals surface area (Å²) in [5, 5.41) is 16.1. The number of halogens is 1. The summed E-state index contributed by atoms with van der Waals surface area (Å²) in [6.45, 7) is 3.66. The molecule has 10 heteroatoms. The summed E-state index contributed by atoms with van der Waals surface area (Å²) in [4.78, 5) is 15.4. The van der Waals surface area contributed by atoms with Crippen molar-refractivity contribution >= 4 is 28.3 Å². The highest BCUT2D eigenvalue weighted by Crippen LogP contribution is 2.30. The Labute approximate surface area is 183 Å². The standard InChI is InChI=1S/C21H22ClN7O2/c1-26-9-11-27(12-10-26)28-8-7-17-19(21(28)30)23-24-20-18(14-3-5-15(22)6-4-14)16(13-31-2)25-29(17)20/h3-8H,9-13H2,1-2H3. The zero-order chi connectivity index (χ0) is 21.5. The third-order valence-electron chi connectivity index (χ3n) is 5.63. The predicted molar refractivity (Wildman–Crippen MR) is 119 cm³/mol. The van der Waals surface area contributed by atoms with Gasteiger partial charge < -0.3 is 14.6 Å². The second-order valence-electron chi connectivity index (χ2n) is 7.65. The summed E-state index contributed by atoms with van der Waals surface area (Å²) >= 11 is 6.06. The molecule has 0 bridgehead atoms. The number of likely N-dealkylation sites (N-methyl/N-ethyl adjacent to an activating group) is 1. The number of hydrogen-bond donors (Lipinski definition) is 0. The van der Waals surface area contributed by atoms with Gasteiger partial charge in [0.15, 0.2) is 11.2 Å². The van der Waals surface area contributed by atoms with Gasteiger partial charge in [-0.2, -0.15) is 5.10 Å². The third kappa shape index (κ3) is 3.44. The Morgan fingerprint density at radius 2 is 1.81 bits per heavy atom. The number of ether oxygens (including phenoxy) is 1. The number of fused-ring (bicyclic) bond motifs is 3. The van der Waals surface area contributed by atoms with Crippen molar-refractivity contribution in [3.8, 4) is 11.1 Å². The number of methoxy groups -OCH3 is 1. The first-order valence-corrected chi connectivity index (χ1v) is 10.4. The van der Waals surface area contributed by atoms with Crippen LogP contribution in [-0.2, 0) is 11.3 Å². The molecule has 0 radical (unpaired) electrons. The van der Waals surface area contributed by atoms with Crippen LogP contribution in [0.15, 0.2) is 41.3 Å². The summed E-state index contributed by atoms with van der Waals surface area (Å²) < 4.78 is 8.67. The van der Waals surface area contributed by atoms with Gasteiger partial charge in [-0.25, -0.2) is 9.19 Å². The molecule has 0 saturated carbocycles. The lowest BCUT2D eigenvalue weighted by Gasteiger charge is -2.34. The number of rotatable bonds is 4. The summed E-state index contributed by atoms with van der Waals surface area (Å²) in [6.07, 6.45) is 1.79. The monoisotopic (exact) mass is 439 g/mol. The molecule has 5 rings (SSSR count). The van der Waals surface area contributed by atoms with Crippen LogP contribution >= 0.6 is 11.6 Å². The number of aromatic nitrogens is 5. The minimum Gasteiger partial charge on any atom is -0.378 e. The molecule has 31 heavy (non-hydrogen) atoms. The van der Waals surface area contributed by atoms with Gasteiger partial charge >= 0.3 is 0 Å². The SMILES string of the molecule is COCc1nn2c(nnc3c(=O)n(N4CCN(C)CC4)ccc32)c1-c1ccc(Cl)cc1. The van der Waals surface area contributed by atoms with Crippen LogP contribution in [0.3, 0.4) is 0 Å². The van der Waals surface area contributed by atoms with Gasteiger partial charge in [0, 0.05) is 44.5 Å². The molecule has 0 N–H and O–H groups in total. The molecular weight excluding hydrogens is 418 g/mol. The van der Waals surface area contributed by atoms with Gasteiger partial charge in [0.2, 0.25) is 0 Å². The van der Waals surface area contributed by atoms with Crippen molar-refractivity contribution in [2.24, 2.45) is 0 Å². The quantitative estimate of drug-likeness (QED) is 0.479. The molecule has 4 aromatic rings. The molecule has 0 unspecified atom stereocenters. The van der Waals surface area contributed by atoms with Crippen LogP contribution in [0.2, 0.25) is 5.02 Å². The van der Waals surface area contributed by atoms with Crippen molar-refractivity contribution in [1.82, 2.24) is 29.4 Å². The summed E-state index contributed by atoms with van der Waals surface area (Å²) in [5.74, 6) is 0. The van der Waals surface area contributed by atoms with Crippen LogP contribution in [0.5, 0.6) is 0 Å². The van der Waals surface area contributed by atoms with E-state index in [9.17, 15) is 4.79 Å². The summed E-state index contributed by atoms with van der Waals surface area (Å²) in [5.41, 5.74) is 3.70. The molecule has 1 aromatic carbocycles.